The number of rotatable bonds is 0. The molecule has 3 heteroatoms. The van der Waals surface area contributed by atoms with Crippen molar-refractivity contribution >= 4 is 0 Å². The standard InChI is InChI=1S/C7H7N3/c1-2-4-6-9-10-7-8-5-3-1/h1-7H. The number of aromatic nitrogens is 3. The van der Waals surface area contributed by atoms with Crippen LogP contribution in [-0.2, 0) is 0 Å². The predicted molar refractivity (Wildman–Crippen MR) is 37.5 cm³/mol. The molecular formula is C7H7N3. The van der Waals surface area contributed by atoms with E-state index >= 15 is 0 Å². The van der Waals surface area contributed by atoms with E-state index in [9.17, 15) is 0 Å². The summed E-state index contributed by atoms with van der Waals surface area (Å²) in [6.45, 7) is 0. The lowest BCUT2D eigenvalue weighted by atomic mass is 10.5. The van der Waals surface area contributed by atoms with Crippen LogP contribution in [0.5, 0.6) is 0 Å². The van der Waals surface area contributed by atoms with Gasteiger partial charge in [0.15, 0.2) is 0 Å². The van der Waals surface area contributed by atoms with E-state index in [1.165, 1.54) is 6.33 Å². The van der Waals surface area contributed by atoms with Gasteiger partial charge in [0.1, 0.15) is 6.33 Å². The fourth-order valence-corrected chi connectivity index (χ4v) is 0.452. The molecule has 0 spiro atoms. The van der Waals surface area contributed by atoms with Crippen LogP contribution in [0.3, 0.4) is 0 Å². The molecule has 0 aliphatic carbocycles. The zero-order chi connectivity index (χ0) is 7.07. The number of hydrogen-bond donors (Lipinski definition) is 0. The van der Waals surface area contributed by atoms with Crippen LogP contribution in [0.15, 0.2) is 43.0 Å². The van der Waals surface area contributed by atoms with Gasteiger partial charge in [-0.3, -0.25) is 0 Å². The van der Waals surface area contributed by atoms with Crippen LogP contribution in [0, 0.1) is 0 Å². The average molecular weight is 133 g/mol. The molecule has 0 aromatic carbocycles. The molecule has 0 amide bonds. The summed E-state index contributed by atoms with van der Waals surface area (Å²) < 4.78 is 0. The Bertz CT molecular complexity index is 148. The van der Waals surface area contributed by atoms with Gasteiger partial charge in [-0.1, -0.05) is 12.1 Å². The molecular weight excluding hydrogens is 126 g/mol. The molecule has 50 valence electrons. The molecule has 0 N–H and O–H groups in total. The summed E-state index contributed by atoms with van der Waals surface area (Å²) in [6.07, 6.45) is 4.64. The van der Waals surface area contributed by atoms with Gasteiger partial charge in [0.05, 0.1) is 0 Å². The molecule has 1 aromatic heterocycles. The minimum absolute atomic E-state index is 1.39. The fourth-order valence-electron chi connectivity index (χ4n) is 0.452. The second-order valence-corrected chi connectivity index (χ2v) is 1.56. The molecule has 0 atom stereocenters. The lowest BCUT2D eigenvalue weighted by Gasteiger charge is -1.69. The summed E-state index contributed by atoms with van der Waals surface area (Å²) in [6, 6.07) is 7.35. The van der Waals surface area contributed by atoms with Gasteiger partial charge in [0, 0.05) is 12.4 Å². The molecule has 0 saturated carbocycles. The van der Waals surface area contributed by atoms with Gasteiger partial charge in [-0.2, -0.15) is 5.10 Å². The monoisotopic (exact) mass is 133 g/mol. The zero-order valence-electron chi connectivity index (χ0n) is 5.38. The quantitative estimate of drug-likeness (QED) is 0.529. The molecule has 0 fully saturated rings. The van der Waals surface area contributed by atoms with Gasteiger partial charge < -0.3 is 0 Å². The SMILES string of the molecule is c1cccnncncc1. The lowest BCUT2D eigenvalue weighted by molar-refractivity contribution is 1.01. The summed E-state index contributed by atoms with van der Waals surface area (Å²) in [4.78, 5) is 3.78. The predicted octanol–water partition coefficient (Wildman–Crippen LogP) is 0.996. The Morgan fingerprint density at radius 3 is 2.40 bits per heavy atom. The van der Waals surface area contributed by atoms with Crippen LogP contribution in [-0.4, -0.2) is 15.2 Å². The summed E-state index contributed by atoms with van der Waals surface area (Å²) in [5.74, 6) is 0. The average Bonchev–Trinajstić information content (AvgIpc) is 2.01. The van der Waals surface area contributed by atoms with Gasteiger partial charge in [0.2, 0.25) is 0 Å². The minimum Gasteiger partial charge on any atom is -0.243 e. The molecule has 0 bridgehead atoms. The van der Waals surface area contributed by atoms with Crippen molar-refractivity contribution in [3.05, 3.63) is 43.0 Å². The second-order valence-electron chi connectivity index (χ2n) is 1.56. The first-order chi connectivity index (χ1) is 5.00. The Morgan fingerprint density at radius 2 is 1.50 bits per heavy atom. The van der Waals surface area contributed by atoms with Crippen molar-refractivity contribution < 1.29 is 0 Å². The third-order valence-corrected chi connectivity index (χ3v) is 0.843. The Morgan fingerprint density at radius 1 is 0.700 bits per heavy atom. The highest BCUT2D eigenvalue weighted by molar-refractivity contribution is 4.87. The first kappa shape index (κ1) is 6.61. The largest absolute Gasteiger partial charge is 0.243 e. The highest BCUT2D eigenvalue weighted by Crippen LogP contribution is 1.71. The van der Waals surface area contributed by atoms with E-state index in [4.69, 9.17) is 0 Å². The summed E-state index contributed by atoms with van der Waals surface area (Å²) in [5.41, 5.74) is 0. The van der Waals surface area contributed by atoms with Crippen LogP contribution in [0.25, 0.3) is 0 Å². The highest BCUT2D eigenvalue weighted by Gasteiger charge is 1.59. The van der Waals surface area contributed by atoms with E-state index in [1.807, 2.05) is 18.2 Å². The van der Waals surface area contributed by atoms with Gasteiger partial charge >= 0.3 is 0 Å². The molecule has 0 saturated heterocycles. The normalized spacial score (nSPS) is 8.00. The highest BCUT2D eigenvalue weighted by atomic mass is 15.1. The van der Waals surface area contributed by atoms with Crippen LogP contribution in [0.4, 0.5) is 0 Å². The van der Waals surface area contributed by atoms with E-state index < -0.39 is 0 Å². The minimum atomic E-state index is 1.39. The smallest absolute Gasteiger partial charge is 0.137 e. The topological polar surface area (TPSA) is 38.7 Å². The number of hydrogen-bond acceptors (Lipinski definition) is 3. The van der Waals surface area contributed by atoms with E-state index in [0.717, 1.165) is 0 Å². The Hall–Kier alpha value is -1.51. The molecule has 10 heavy (non-hydrogen) atoms. The summed E-state index contributed by atoms with van der Waals surface area (Å²) >= 11 is 0. The van der Waals surface area contributed by atoms with Gasteiger partial charge in [-0.15, -0.1) is 5.10 Å². The van der Waals surface area contributed by atoms with Crippen molar-refractivity contribution in [2.75, 3.05) is 0 Å². The van der Waals surface area contributed by atoms with Crippen molar-refractivity contribution in [3.63, 3.8) is 0 Å². The second kappa shape index (κ2) is 4.38. The summed E-state index contributed by atoms with van der Waals surface area (Å²) in [5, 5.41) is 7.24. The maximum Gasteiger partial charge on any atom is 0.137 e. The molecule has 0 radical (unpaired) electrons. The molecule has 1 rings (SSSR count). The molecule has 1 heterocycles. The van der Waals surface area contributed by atoms with Crippen LogP contribution >= 0.6 is 0 Å². The third kappa shape index (κ3) is 2.71. The molecule has 3 nitrogen and oxygen atoms in total. The first-order valence-electron chi connectivity index (χ1n) is 2.90. The molecule has 1 aromatic rings. The molecule has 0 aliphatic heterocycles. The molecule has 0 aliphatic rings. The maximum absolute atomic E-state index is 3.78. The number of nitrogens with zero attached hydrogens (tertiary/aromatic N) is 3. The maximum atomic E-state index is 3.78. The fraction of sp³-hybridized carbons (Fsp3) is 0. The molecule has 0 unspecified atom stereocenters. The van der Waals surface area contributed by atoms with Gasteiger partial charge in [-0.25, -0.2) is 4.98 Å². The Labute approximate surface area is 59.1 Å². The Kier molecular flexibility index (Phi) is 2.89. The summed E-state index contributed by atoms with van der Waals surface area (Å²) in [7, 11) is 0. The Balaban J connectivity index is 3.00. The van der Waals surface area contributed by atoms with E-state index in [2.05, 4.69) is 15.2 Å². The van der Waals surface area contributed by atoms with Crippen molar-refractivity contribution in [2.24, 2.45) is 0 Å². The lowest BCUT2D eigenvalue weighted by Crippen LogP contribution is -1.70. The van der Waals surface area contributed by atoms with Crippen LogP contribution < -0.4 is 0 Å². The zero-order valence-corrected chi connectivity index (χ0v) is 5.38. The first-order valence-corrected chi connectivity index (χ1v) is 2.90. The van der Waals surface area contributed by atoms with Crippen molar-refractivity contribution in [1.29, 1.82) is 0 Å². The van der Waals surface area contributed by atoms with Crippen LogP contribution in [0.1, 0.15) is 0 Å². The van der Waals surface area contributed by atoms with Gasteiger partial charge in [0.25, 0.3) is 0 Å². The van der Waals surface area contributed by atoms with Crippen molar-refractivity contribution in [1.82, 2.24) is 15.2 Å². The third-order valence-electron chi connectivity index (χ3n) is 0.843. The van der Waals surface area contributed by atoms with Crippen molar-refractivity contribution in [2.45, 2.75) is 0 Å². The van der Waals surface area contributed by atoms with Crippen LogP contribution in [0.2, 0.25) is 0 Å². The van der Waals surface area contributed by atoms with E-state index in [0.29, 0.717) is 0 Å². The van der Waals surface area contributed by atoms with E-state index in [1.54, 1.807) is 18.5 Å². The van der Waals surface area contributed by atoms with Crippen molar-refractivity contribution in [3.8, 4) is 0 Å². The van der Waals surface area contributed by atoms with E-state index in [-0.39, 0.29) is 0 Å². The van der Waals surface area contributed by atoms with Gasteiger partial charge in [-0.05, 0) is 12.1 Å².